The van der Waals surface area contributed by atoms with Crippen molar-refractivity contribution in [3.05, 3.63) is 51.0 Å². The summed E-state index contributed by atoms with van der Waals surface area (Å²) in [4.78, 5) is 36.2. The second-order valence-corrected chi connectivity index (χ2v) is 8.68. The van der Waals surface area contributed by atoms with E-state index in [1.807, 2.05) is 0 Å². The molecule has 1 amide bonds. The lowest BCUT2D eigenvalue weighted by atomic mass is 10.1. The van der Waals surface area contributed by atoms with Gasteiger partial charge in [-0.05, 0) is 36.8 Å². The van der Waals surface area contributed by atoms with E-state index in [1.165, 1.54) is 6.08 Å². The minimum Gasteiger partial charge on any atom is -0.481 e. The van der Waals surface area contributed by atoms with Crippen LogP contribution in [0.4, 0.5) is 0 Å². The summed E-state index contributed by atoms with van der Waals surface area (Å²) >= 11 is 18.2. The number of rotatable bonds is 7. The van der Waals surface area contributed by atoms with Crippen LogP contribution in [0.1, 0.15) is 18.6 Å². The molecule has 11 heteroatoms. The van der Waals surface area contributed by atoms with Crippen LogP contribution in [0.3, 0.4) is 0 Å². The Morgan fingerprint density at radius 1 is 1.23 bits per heavy atom. The number of carboxylic acids is 2. The number of amides is 1. The first-order valence-electron chi connectivity index (χ1n) is 8.44. The maximum atomic E-state index is 12.7. The normalized spacial score (nSPS) is 16.3. The first-order chi connectivity index (χ1) is 14.2. The molecule has 0 aliphatic carbocycles. The van der Waals surface area contributed by atoms with Gasteiger partial charge in [-0.25, -0.2) is 4.79 Å². The van der Waals surface area contributed by atoms with Gasteiger partial charge in [0.2, 0.25) is 0 Å². The van der Waals surface area contributed by atoms with E-state index in [0.29, 0.717) is 27.1 Å². The lowest BCUT2D eigenvalue weighted by Crippen LogP contribution is -2.44. The van der Waals surface area contributed by atoms with Gasteiger partial charge in [0.25, 0.3) is 5.91 Å². The highest BCUT2D eigenvalue weighted by Crippen LogP contribution is 2.36. The SMILES string of the molecule is O=C(O)CCC(C(=O)O)N1C(=O)/C(=C/c2ccc(-c3ccc(Cl)cc3Cl)o2)SC1=S. The van der Waals surface area contributed by atoms with Crippen LogP contribution in [-0.2, 0) is 14.4 Å². The van der Waals surface area contributed by atoms with Gasteiger partial charge in [-0.15, -0.1) is 0 Å². The predicted molar refractivity (Wildman–Crippen MR) is 117 cm³/mol. The van der Waals surface area contributed by atoms with E-state index in [2.05, 4.69) is 0 Å². The lowest BCUT2D eigenvalue weighted by molar-refractivity contribution is -0.146. The molecule has 156 valence electrons. The summed E-state index contributed by atoms with van der Waals surface area (Å²) in [6, 6.07) is 6.89. The summed E-state index contributed by atoms with van der Waals surface area (Å²) < 4.78 is 5.77. The van der Waals surface area contributed by atoms with Crippen molar-refractivity contribution in [2.45, 2.75) is 18.9 Å². The van der Waals surface area contributed by atoms with E-state index in [4.69, 9.17) is 44.9 Å². The molecule has 30 heavy (non-hydrogen) atoms. The van der Waals surface area contributed by atoms with Gasteiger partial charge >= 0.3 is 11.9 Å². The van der Waals surface area contributed by atoms with E-state index in [1.54, 1.807) is 30.3 Å². The fraction of sp³-hybridized carbons (Fsp3) is 0.158. The van der Waals surface area contributed by atoms with E-state index in [-0.39, 0.29) is 15.6 Å². The number of thioether (sulfide) groups is 1. The van der Waals surface area contributed by atoms with Crippen LogP contribution in [0.25, 0.3) is 17.4 Å². The van der Waals surface area contributed by atoms with Gasteiger partial charge in [0.15, 0.2) is 0 Å². The summed E-state index contributed by atoms with van der Waals surface area (Å²) in [7, 11) is 0. The zero-order valence-corrected chi connectivity index (χ0v) is 18.1. The number of carbonyl (C=O) groups excluding carboxylic acids is 1. The van der Waals surface area contributed by atoms with Crippen molar-refractivity contribution in [2.24, 2.45) is 0 Å². The van der Waals surface area contributed by atoms with Crippen LogP contribution in [0.2, 0.25) is 10.0 Å². The van der Waals surface area contributed by atoms with Crippen LogP contribution < -0.4 is 0 Å². The predicted octanol–water partition coefficient (Wildman–Crippen LogP) is 4.77. The standard InChI is InChI=1S/C19H13Cl2NO6S2/c20-9-1-3-11(12(21)7-9)14-5-2-10(28-14)8-15-17(25)22(19(29)30-15)13(18(26)27)4-6-16(23)24/h1-3,5,7-8,13H,4,6H2,(H,23,24)(H,26,27)/b15-8-. The molecule has 0 saturated carbocycles. The second kappa shape index (κ2) is 9.22. The van der Waals surface area contributed by atoms with Crippen molar-refractivity contribution in [3.63, 3.8) is 0 Å². The molecule has 2 N–H and O–H groups in total. The molecular weight excluding hydrogens is 473 g/mol. The zero-order chi connectivity index (χ0) is 22.0. The Kier molecular flexibility index (Phi) is 6.87. The van der Waals surface area contributed by atoms with Crippen LogP contribution in [0, 0.1) is 0 Å². The quantitative estimate of drug-likeness (QED) is 0.426. The van der Waals surface area contributed by atoms with Gasteiger partial charge in [0, 0.05) is 23.1 Å². The number of hydrogen-bond donors (Lipinski definition) is 2. The average Bonchev–Trinajstić information content (AvgIpc) is 3.21. The molecule has 0 bridgehead atoms. The Balaban J connectivity index is 1.84. The van der Waals surface area contributed by atoms with Crippen LogP contribution in [-0.4, -0.2) is 43.3 Å². The minimum atomic E-state index is -1.36. The van der Waals surface area contributed by atoms with E-state index >= 15 is 0 Å². The molecule has 1 atom stereocenters. The van der Waals surface area contributed by atoms with Crippen LogP contribution in [0.5, 0.6) is 0 Å². The van der Waals surface area contributed by atoms with Crippen LogP contribution >= 0.6 is 47.2 Å². The van der Waals surface area contributed by atoms with Crippen molar-refractivity contribution in [1.82, 2.24) is 4.90 Å². The van der Waals surface area contributed by atoms with Gasteiger partial charge in [-0.2, -0.15) is 0 Å². The van der Waals surface area contributed by atoms with E-state index in [0.717, 1.165) is 16.7 Å². The fourth-order valence-corrected chi connectivity index (χ4v) is 4.60. The van der Waals surface area contributed by atoms with Crippen molar-refractivity contribution in [2.75, 3.05) is 0 Å². The maximum Gasteiger partial charge on any atom is 0.326 e. The Bertz CT molecular complexity index is 1080. The summed E-state index contributed by atoms with van der Waals surface area (Å²) in [5.74, 6) is -2.31. The van der Waals surface area contributed by atoms with Gasteiger partial charge < -0.3 is 14.6 Å². The highest BCUT2D eigenvalue weighted by molar-refractivity contribution is 8.26. The number of halogens is 2. The molecule has 2 heterocycles. The van der Waals surface area contributed by atoms with Gasteiger partial charge in [0.1, 0.15) is 21.9 Å². The Labute approximate surface area is 190 Å². The Morgan fingerprint density at radius 2 is 1.97 bits per heavy atom. The fourth-order valence-electron chi connectivity index (χ4n) is 2.77. The van der Waals surface area contributed by atoms with Crippen molar-refractivity contribution in [3.8, 4) is 11.3 Å². The average molecular weight is 486 g/mol. The number of carboxylic acid groups (broad SMARTS) is 2. The molecule has 7 nitrogen and oxygen atoms in total. The zero-order valence-electron chi connectivity index (χ0n) is 15.0. The number of benzene rings is 1. The van der Waals surface area contributed by atoms with Crippen molar-refractivity contribution in [1.29, 1.82) is 0 Å². The molecule has 2 aromatic rings. The molecule has 1 aliphatic heterocycles. The number of aliphatic carboxylic acids is 2. The van der Waals surface area contributed by atoms with E-state index < -0.39 is 30.3 Å². The number of thiocarbonyl (C=S) groups is 1. The van der Waals surface area contributed by atoms with Gasteiger partial charge in [-0.1, -0.05) is 47.2 Å². The third-order valence-electron chi connectivity index (χ3n) is 4.15. The Hall–Kier alpha value is -2.33. The Morgan fingerprint density at radius 3 is 2.60 bits per heavy atom. The molecular formula is C19H13Cl2NO6S2. The third kappa shape index (κ3) is 4.86. The molecule has 0 radical (unpaired) electrons. The third-order valence-corrected chi connectivity index (χ3v) is 6.03. The molecule has 3 rings (SSSR count). The lowest BCUT2D eigenvalue weighted by Gasteiger charge is -2.22. The molecule has 0 spiro atoms. The van der Waals surface area contributed by atoms with Gasteiger partial charge in [-0.3, -0.25) is 14.5 Å². The first kappa shape index (κ1) is 22.4. The molecule has 1 unspecified atom stereocenters. The van der Waals surface area contributed by atoms with Gasteiger partial charge in [0.05, 0.1) is 9.93 Å². The summed E-state index contributed by atoms with van der Waals surface area (Å²) in [6.07, 6.45) is 0.781. The minimum absolute atomic E-state index is 0.0385. The maximum absolute atomic E-state index is 12.7. The monoisotopic (exact) mass is 485 g/mol. The molecule has 1 fully saturated rings. The van der Waals surface area contributed by atoms with Crippen molar-refractivity contribution < 1.29 is 29.0 Å². The second-order valence-electron chi connectivity index (χ2n) is 6.16. The number of nitrogens with zero attached hydrogens (tertiary/aromatic N) is 1. The van der Waals surface area contributed by atoms with E-state index in [9.17, 15) is 19.5 Å². The summed E-state index contributed by atoms with van der Waals surface area (Å²) in [5.41, 5.74) is 0.618. The summed E-state index contributed by atoms with van der Waals surface area (Å²) in [5, 5.41) is 19.1. The first-order valence-corrected chi connectivity index (χ1v) is 10.4. The largest absolute Gasteiger partial charge is 0.481 e. The number of carbonyl (C=O) groups is 3. The highest BCUT2D eigenvalue weighted by atomic mass is 35.5. The number of hydrogen-bond acceptors (Lipinski definition) is 6. The van der Waals surface area contributed by atoms with Crippen molar-refractivity contribution >= 4 is 75.4 Å². The smallest absolute Gasteiger partial charge is 0.326 e. The number of furan rings is 1. The summed E-state index contributed by atoms with van der Waals surface area (Å²) in [6.45, 7) is 0. The topological polar surface area (TPSA) is 108 Å². The van der Waals surface area contributed by atoms with Crippen LogP contribution in [0.15, 0.2) is 39.7 Å². The molecule has 1 aliphatic rings. The highest BCUT2D eigenvalue weighted by Gasteiger charge is 2.40. The molecule has 1 aromatic heterocycles. The molecule has 1 aromatic carbocycles. The molecule has 1 saturated heterocycles.